The quantitative estimate of drug-likeness (QED) is 0.666. The van der Waals surface area contributed by atoms with E-state index in [0.717, 1.165) is 5.56 Å². The van der Waals surface area contributed by atoms with Crippen molar-refractivity contribution in [2.45, 2.75) is 17.9 Å². The number of rotatable bonds is 9. The third kappa shape index (κ3) is 5.60. The van der Waals surface area contributed by atoms with Crippen LogP contribution in [0.1, 0.15) is 12.0 Å². The van der Waals surface area contributed by atoms with Gasteiger partial charge in [-0.25, -0.2) is 13.1 Å². The summed E-state index contributed by atoms with van der Waals surface area (Å²) in [4.78, 5) is 13.9. The highest BCUT2D eigenvalue weighted by Gasteiger charge is 2.18. The Kier molecular flexibility index (Phi) is 7.68. The van der Waals surface area contributed by atoms with Crippen molar-refractivity contribution >= 4 is 27.5 Å². The van der Waals surface area contributed by atoms with Crippen LogP contribution in [0.3, 0.4) is 0 Å². The van der Waals surface area contributed by atoms with Gasteiger partial charge in [-0.05, 0) is 24.3 Å². The van der Waals surface area contributed by atoms with Crippen molar-refractivity contribution in [3.05, 3.63) is 53.1 Å². The van der Waals surface area contributed by atoms with Gasteiger partial charge in [-0.3, -0.25) is 4.79 Å². The molecular weight excluding hydrogens is 404 g/mol. The zero-order chi connectivity index (χ0) is 20.7. The van der Waals surface area contributed by atoms with Crippen LogP contribution in [0, 0.1) is 0 Å². The Bertz CT molecular complexity index is 934. The first-order valence-corrected chi connectivity index (χ1v) is 10.3. The van der Waals surface area contributed by atoms with E-state index in [1.807, 2.05) is 6.07 Å². The van der Waals surface area contributed by atoms with Crippen molar-refractivity contribution in [2.75, 3.05) is 27.8 Å². The summed E-state index contributed by atoms with van der Waals surface area (Å²) >= 11 is 5.93. The van der Waals surface area contributed by atoms with Gasteiger partial charge >= 0.3 is 0 Å². The standard InChI is InChI=1S/C19H23ClN2O5S/c1-22(13-14-8-9-15(26-2)12-17(14)27-3)19(23)10-11-21-28(24,25)18-7-5-4-6-16(18)20/h4-9,12,21H,10-11,13H2,1-3H3. The van der Waals surface area contributed by atoms with Crippen LogP contribution >= 0.6 is 11.6 Å². The molecule has 0 unspecified atom stereocenters. The highest BCUT2D eigenvalue weighted by atomic mass is 35.5. The summed E-state index contributed by atoms with van der Waals surface area (Å²) < 4.78 is 37.5. The number of ether oxygens (including phenoxy) is 2. The van der Waals surface area contributed by atoms with Crippen molar-refractivity contribution in [1.29, 1.82) is 0 Å². The van der Waals surface area contributed by atoms with Crippen molar-refractivity contribution in [3.8, 4) is 11.5 Å². The van der Waals surface area contributed by atoms with Crippen LogP contribution in [0.4, 0.5) is 0 Å². The lowest BCUT2D eigenvalue weighted by molar-refractivity contribution is -0.130. The molecule has 0 bridgehead atoms. The molecule has 0 fully saturated rings. The average molecular weight is 427 g/mol. The number of benzene rings is 2. The number of sulfonamides is 1. The van der Waals surface area contributed by atoms with Crippen LogP contribution in [0.2, 0.25) is 5.02 Å². The van der Waals surface area contributed by atoms with Crippen LogP contribution in [0.5, 0.6) is 11.5 Å². The number of hydrogen-bond donors (Lipinski definition) is 1. The fraction of sp³-hybridized carbons (Fsp3) is 0.316. The van der Waals surface area contributed by atoms with Crippen LogP contribution in [-0.2, 0) is 21.4 Å². The summed E-state index contributed by atoms with van der Waals surface area (Å²) in [6.07, 6.45) is 0.0126. The Balaban J connectivity index is 1.94. The van der Waals surface area contributed by atoms with Gasteiger partial charge < -0.3 is 14.4 Å². The molecule has 1 N–H and O–H groups in total. The number of nitrogens with zero attached hydrogens (tertiary/aromatic N) is 1. The maximum atomic E-state index is 12.4. The average Bonchev–Trinajstić information content (AvgIpc) is 2.68. The normalized spacial score (nSPS) is 11.1. The first-order chi connectivity index (χ1) is 13.3. The van der Waals surface area contributed by atoms with Crippen molar-refractivity contribution < 1.29 is 22.7 Å². The number of methoxy groups -OCH3 is 2. The molecule has 1 amide bonds. The van der Waals surface area contributed by atoms with Crippen LogP contribution in [-0.4, -0.2) is 47.0 Å². The summed E-state index contributed by atoms with van der Waals surface area (Å²) in [5.74, 6) is 1.06. The molecule has 0 atom stereocenters. The van der Waals surface area contributed by atoms with E-state index in [-0.39, 0.29) is 28.8 Å². The fourth-order valence-corrected chi connectivity index (χ4v) is 4.10. The molecule has 0 saturated heterocycles. The Labute approximate surface area is 170 Å². The molecule has 2 aromatic rings. The number of nitrogens with one attached hydrogen (secondary N) is 1. The van der Waals surface area contributed by atoms with Gasteiger partial charge in [0.05, 0.1) is 19.2 Å². The van der Waals surface area contributed by atoms with Gasteiger partial charge in [0.15, 0.2) is 0 Å². The van der Waals surface area contributed by atoms with Crippen LogP contribution < -0.4 is 14.2 Å². The van der Waals surface area contributed by atoms with Gasteiger partial charge in [-0.1, -0.05) is 23.7 Å². The lowest BCUT2D eigenvalue weighted by atomic mass is 10.1. The molecule has 0 aliphatic carbocycles. The monoisotopic (exact) mass is 426 g/mol. The van der Waals surface area contributed by atoms with E-state index < -0.39 is 10.0 Å². The predicted molar refractivity (Wildman–Crippen MR) is 107 cm³/mol. The molecule has 0 heterocycles. The molecule has 0 aliphatic heterocycles. The molecule has 0 saturated carbocycles. The van der Waals surface area contributed by atoms with E-state index >= 15 is 0 Å². The second-order valence-electron chi connectivity index (χ2n) is 6.01. The largest absolute Gasteiger partial charge is 0.497 e. The van der Waals surface area contributed by atoms with E-state index in [4.69, 9.17) is 21.1 Å². The summed E-state index contributed by atoms with van der Waals surface area (Å²) in [5.41, 5.74) is 0.816. The van der Waals surface area contributed by atoms with Crippen molar-refractivity contribution in [1.82, 2.24) is 9.62 Å². The lowest BCUT2D eigenvalue weighted by Crippen LogP contribution is -2.32. The first kappa shape index (κ1) is 22.0. The molecule has 28 heavy (non-hydrogen) atoms. The molecular formula is C19H23ClN2O5S. The molecule has 9 heteroatoms. The molecule has 0 aliphatic rings. The number of carbonyl (C=O) groups excluding carboxylic acids is 1. The van der Waals surface area contributed by atoms with E-state index in [1.54, 1.807) is 45.5 Å². The fourth-order valence-electron chi connectivity index (χ4n) is 2.55. The number of hydrogen-bond acceptors (Lipinski definition) is 5. The second kappa shape index (κ2) is 9.77. The Morgan fingerprint density at radius 3 is 2.50 bits per heavy atom. The van der Waals surface area contributed by atoms with Gasteiger partial charge in [-0.15, -0.1) is 0 Å². The van der Waals surface area contributed by atoms with Gasteiger partial charge in [0, 0.05) is 38.2 Å². The van der Waals surface area contributed by atoms with E-state index in [9.17, 15) is 13.2 Å². The Morgan fingerprint density at radius 2 is 1.86 bits per heavy atom. The molecule has 0 spiro atoms. The minimum Gasteiger partial charge on any atom is -0.497 e. The van der Waals surface area contributed by atoms with Gasteiger partial charge in [0.25, 0.3) is 0 Å². The molecule has 2 rings (SSSR count). The summed E-state index contributed by atoms with van der Waals surface area (Å²) in [6.45, 7) is 0.291. The molecule has 0 aromatic heterocycles. The Hall–Kier alpha value is -2.29. The van der Waals surface area contributed by atoms with Crippen molar-refractivity contribution in [2.24, 2.45) is 0 Å². The smallest absolute Gasteiger partial charge is 0.242 e. The van der Waals surface area contributed by atoms with Crippen LogP contribution in [0.25, 0.3) is 0 Å². The van der Waals surface area contributed by atoms with Crippen LogP contribution in [0.15, 0.2) is 47.4 Å². The molecule has 7 nitrogen and oxygen atoms in total. The molecule has 152 valence electrons. The number of carbonyl (C=O) groups is 1. The maximum Gasteiger partial charge on any atom is 0.242 e. The minimum atomic E-state index is -3.78. The highest BCUT2D eigenvalue weighted by Crippen LogP contribution is 2.25. The molecule has 2 aromatic carbocycles. The predicted octanol–water partition coefficient (Wildman–Crippen LogP) is 2.68. The minimum absolute atomic E-state index is 0.0126. The maximum absolute atomic E-state index is 12.4. The van der Waals surface area contributed by atoms with Gasteiger partial charge in [0.2, 0.25) is 15.9 Å². The van der Waals surface area contributed by atoms with Gasteiger partial charge in [-0.2, -0.15) is 0 Å². The zero-order valence-electron chi connectivity index (χ0n) is 15.9. The number of amides is 1. The zero-order valence-corrected chi connectivity index (χ0v) is 17.5. The third-order valence-corrected chi connectivity index (χ3v) is 6.05. The summed E-state index contributed by atoms with van der Waals surface area (Å²) in [5, 5.41) is 0.130. The summed E-state index contributed by atoms with van der Waals surface area (Å²) in [7, 11) is 0.980. The number of halogens is 1. The molecule has 0 radical (unpaired) electrons. The van der Waals surface area contributed by atoms with E-state index in [0.29, 0.717) is 18.0 Å². The van der Waals surface area contributed by atoms with E-state index in [1.165, 1.54) is 17.0 Å². The van der Waals surface area contributed by atoms with Gasteiger partial charge in [0.1, 0.15) is 16.4 Å². The first-order valence-electron chi connectivity index (χ1n) is 8.47. The lowest BCUT2D eigenvalue weighted by Gasteiger charge is -2.19. The van der Waals surface area contributed by atoms with E-state index in [2.05, 4.69) is 4.72 Å². The second-order valence-corrected chi connectivity index (χ2v) is 8.15. The van der Waals surface area contributed by atoms with Crippen molar-refractivity contribution in [3.63, 3.8) is 0 Å². The Morgan fingerprint density at radius 1 is 1.14 bits per heavy atom. The summed E-state index contributed by atoms with van der Waals surface area (Å²) in [6, 6.07) is 11.5. The highest BCUT2D eigenvalue weighted by molar-refractivity contribution is 7.89. The SMILES string of the molecule is COc1ccc(CN(C)C(=O)CCNS(=O)(=O)c2ccccc2Cl)c(OC)c1. The topological polar surface area (TPSA) is 84.9 Å². The third-order valence-electron chi connectivity index (χ3n) is 4.08.